The third-order valence-electron chi connectivity index (χ3n) is 5.40. The summed E-state index contributed by atoms with van der Waals surface area (Å²) in [6.45, 7) is 4.52. The van der Waals surface area contributed by atoms with Gasteiger partial charge in [0, 0.05) is 37.5 Å². The number of carbonyl (C=O) groups excluding carboxylic acids is 1. The summed E-state index contributed by atoms with van der Waals surface area (Å²) in [7, 11) is 0. The Balaban J connectivity index is 1.42. The lowest BCUT2D eigenvalue weighted by atomic mass is 10.1. The Hall–Kier alpha value is -2.83. The molecule has 0 radical (unpaired) electrons. The molecule has 29 heavy (non-hydrogen) atoms. The van der Waals surface area contributed by atoms with E-state index in [0.717, 1.165) is 29.5 Å². The van der Waals surface area contributed by atoms with Crippen LogP contribution in [-0.2, 0) is 6.54 Å². The molecule has 1 amide bonds. The Kier molecular flexibility index (Phi) is 5.30. The number of piperidine rings is 1. The second-order valence-corrected chi connectivity index (χ2v) is 7.48. The van der Waals surface area contributed by atoms with Gasteiger partial charge in [0.25, 0.3) is 12.3 Å². The van der Waals surface area contributed by atoms with Gasteiger partial charge in [-0.1, -0.05) is 6.07 Å². The zero-order valence-corrected chi connectivity index (χ0v) is 16.5. The summed E-state index contributed by atoms with van der Waals surface area (Å²) in [5.74, 6) is 2.06. The third kappa shape index (κ3) is 3.99. The number of nitrogens with zero attached hydrogens (tertiary/aromatic N) is 2. The van der Waals surface area contributed by atoms with Crippen molar-refractivity contribution in [2.75, 3.05) is 13.1 Å². The maximum Gasteiger partial charge on any atom is 0.257 e. The molecule has 1 aliphatic rings. The molecular formula is C22H24F2N2O3. The standard InChI is InChI=1S/C22H24F2N2O3/c1-14-12-18(15(2)28-14)22(27)25-9-6-16(7-10-25)29-20-5-3-4-19-17(20)8-11-26(19)13-21(23)24/h3-5,8,11-12,16,21H,6-7,9-10,13H2,1-2H3. The highest BCUT2D eigenvalue weighted by atomic mass is 19.3. The molecule has 1 saturated heterocycles. The fourth-order valence-corrected chi connectivity index (χ4v) is 3.98. The van der Waals surface area contributed by atoms with Crippen LogP contribution in [0.4, 0.5) is 8.78 Å². The second-order valence-electron chi connectivity index (χ2n) is 7.48. The molecule has 1 aromatic carbocycles. The van der Waals surface area contributed by atoms with Crippen molar-refractivity contribution >= 4 is 16.8 Å². The first-order chi connectivity index (χ1) is 13.9. The molecule has 0 atom stereocenters. The second kappa shape index (κ2) is 7.89. The van der Waals surface area contributed by atoms with Gasteiger partial charge in [-0.15, -0.1) is 0 Å². The molecule has 7 heteroatoms. The number of hydrogen-bond donors (Lipinski definition) is 0. The van der Waals surface area contributed by atoms with Crippen LogP contribution in [0.15, 0.2) is 40.9 Å². The number of aromatic nitrogens is 1. The van der Waals surface area contributed by atoms with E-state index in [0.29, 0.717) is 30.2 Å². The average Bonchev–Trinajstić information content (AvgIpc) is 3.24. The van der Waals surface area contributed by atoms with E-state index in [-0.39, 0.29) is 18.6 Å². The van der Waals surface area contributed by atoms with Crippen LogP contribution in [0.2, 0.25) is 0 Å². The molecule has 0 unspecified atom stereocenters. The zero-order chi connectivity index (χ0) is 20.5. The van der Waals surface area contributed by atoms with Gasteiger partial charge in [0.15, 0.2) is 0 Å². The van der Waals surface area contributed by atoms with Crippen molar-refractivity contribution in [1.82, 2.24) is 9.47 Å². The van der Waals surface area contributed by atoms with Gasteiger partial charge in [-0.05, 0) is 38.1 Å². The predicted octanol–water partition coefficient (Wildman–Crippen LogP) is 4.80. The Morgan fingerprint density at radius 3 is 2.66 bits per heavy atom. The van der Waals surface area contributed by atoms with Crippen LogP contribution >= 0.6 is 0 Å². The first-order valence-electron chi connectivity index (χ1n) is 9.81. The smallest absolute Gasteiger partial charge is 0.257 e. The number of carbonyl (C=O) groups is 1. The highest BCUT2D eigenvalue weighted by molar-refractivity contribution is 5.95. The van der Waals surface area contributed by atoms with E-state index in [4.69, 9.17) is 9.15 Å². The van der Waals surface area contributed by atoms with Crippen LogP contribution in [0.3, 0.4) is 0 Å². The Morgan fingerprint density at radius 2 is 2.00 bits per heavy atom. The van der Waals surface area contributed by atoms with E-state index in [2.05, 4.69) is 0 Å². The maximum atomic E-state index is 12.8. The maximum absolute atomic E-state index is 12.8. The van der Waals surface area contributed by atoms with Crippen LogP contribution in [0.25, 0.3) is 10.9 Å². The first-order valence-corrected chi connectivity index (χ1v) is 9.81. The third-order valence-corrected chi connectivity index (χ3v) is 5.40. The number of likely N-dealkylation sites (tertiary alicyclic amines) is 1. The van der Waals surface area contributed by atoms with Crippen molar-refractivity contribution in [2.24, 2.45) is 0 Å². The number of hydrogen-bond acceptors (Lipinski definition) is 3. The number of aryl methyl sites for hydroxylation is 2. The molecule has 1 aliphatic heterocycles. The normalized spacial score (nSPS) is 15.4. The van der Waals surface area contributed by atoms with Gasteiger partial charge in [-0.2, -0.15) is 0 Å². The van der Waals surface area contributed by atoms with Crippen LogP contribution in [-0.4, -0.2) is 41.0 Å². The van der Waals surface area contributed by atoms with Crippen LogP contribution < -0.4 is 4.74 Å². The fraction of sp³-hybridized carbons (Fsp3) is 0.409. The lowest BCUT2D eigenvalue weighted by Crippen LogP contribution is -2.41. The lowest BCUT2D eigenvalue weighted by Gasteiger charge is -2.32. The summed E-state index contributed by atoms with van der Waals surface area (Å²) in [6.07, 6.45) is 0.682. The lowest BCUT2D eigenvalue weighted by molar-refractivity contribution is 0.0596. The Labute approximate surface area is 167 Å². The van der Waals surface area contributed by atoms with Crippen molar-refractivity contribution in [3.05, 3.63) is 53.6 Å². The van der Waals surface area contributed by atoms with E-state index >= 15 is 0 Å². The molecule has 1 fully saturated rings. The summed E-state index contributed by atoms with van der Waals surface area (Å²) in [5.41, 5.74) is 1.35. The number of amides is 1. The summed E-state index contributed by atoms with van der Waals surface area (Å²) in [4.78, 5) is 14.6. The fourth-order valence-electron chi connectivity index (χ4n) is 3.98. The van der Waals surface area contributed by atoms with Gasteiger partial charge >= 0.3 is 0 Å². The highest BCUT2D eigenvalue weighted by Gasteiger charge is 2.27. The molecule has 0 bridgehead atoms. The predicted molar refractivity (Wildman–Crippen MR) is 106 cm³/mol. The summed E-state index contributed by atoms with van der Waals surface area (Å²) in [6, 6.07) is 9.11. The van der Waals surface area contributed by atoms with Crippen LogP contribution in [0, 0.1) is 13.8 Å². The van der Waals surface area contributed by atoms with Gasteiger partial charge < -0.3 is 18.6 Å². The Morgan fingerprint density at radius 1 is 1.24 bits per heavy atom. The summed E-state index contributed by atoms with van der Waals surface area (Å²) < 4.78 is 38.7. The molecule has 4 rings (SSSR count). The molecule has 5 nitrogen and oxygen atoms in total. The van der Waals surface area contributed by atoms with E-state index in [1.54, 1.807) is 23.8 Å². The molecule has 0 aliphatic carbocycles. The van der Waals surface area contributed by atoms with Crippen molar-refractivity contribution < 1.29 is 22.7 Å². The molecular weight excluding hydrogens is 378 g/mol. The number of rotatable bonds is 5. The minimum atomic E-state index is -2.40. The SMILES string of the molecule is Cc1cc(C(=O)N2CCC(Oc3cccc4c3ccn4CC(F)F)CC2)c(C)o1. The van der Waals surface area contributed by atoms with Crippen LogP contribution in [0.5, 0.6) is 5.75 Å². The van der Waals surface area contributed by atoms with E-state index in [9.17, 15) is 13.6 Å². The quantitative estimate of drug-likeness (QED) is 0.616. The topological polar surface area (TPSA) is 47.6 Å². The van der Waals surface area contributed by atoms with E-state index < -0.39 is 6.43 Å². The van der Waals surface area contributed by atoms with Gasteiger partial charge in [-0.25, -0.2) is 8.78 Å². The van der Waals surface area contributed by atoms with Gasteiger partial charge in [0.05, 0.1) is 17.6 Å². The van der Waals surface area contributed by atoms with E-state index in [1.165, 1.54) is 0 Å². The van der Waals surface area contributed by atoms with Crippen molar-refractivity contribution in [1.29, 1.82) is 0 Å². The number of halogens is 2. The largest absolute Gasteiger partial charge is 0.490 e. The number of alkyl halides is 2. The number of ether oxygens (including phenoxy) is 1. The number of benzene rings is 1. The monoisotopic (exact) mass is 402 g/mol. The molecule has 0 saturated carbocycles. The van der Waals surface area contributed by atoms with E-state index in [1.807, 2.05) is 36.1 Å². The minimum Gasteiger partial charge on any atom is -0.490 e. The van der Waals surface area contributed by atoms with Crippen molar-refractivity contribution in [2.45, 2.75) is 45.8 Å². The highest BCUT2D eigenvalue weighted by Crippen LogP contribution is 2.30. The van der Waals surface area contributed by atoms with Crippen molar-refractivity contribution in [3.63, 3.8) is 0 Å². The van der Waals surface area contributed by atoms with Gasteiger partial charge in [-0.3, -0.25) is 4.79 Å². The van der Waals surface area contributed by atoms with Crippen LogP contribution in [0.1, 0.15) is 34.7 Å². The molecule has 154 valence electrons. The number of furan rings is 1. The molecule has 0 spiro atoms. The van der Waals surface area contributed by atoms with Gasteiger partial charge in [0.2, 0.25) is 0 Å². The molecule has 0 N–H and O–H groups in total. The van der Waals surface area contributed by atoms with Crippen molar-refractivity contribution in [3.8, 4) is 5.75 Å². The first kappa shape index (κ1) is 19.5. The minimum absolute atomic E-state index is 0.0102. The molecule has 3 aromatic rings. The van der Waals surface area contributed by atoms with Gasteiger partial charge in [0.1, 0.15) is 23.4 Å². The Bertz CT molecular complexity index is 1020. The summed E-state index contributed by atoms with van der Waals surface area (Å²) in [5, 5.41) is 0.830. The molecule has 3 heterocycles. The average molecular weight is 402 g/mol. The zero-order valence-electron chi connectivity index (χ0n) is 16.5. The summed E-state index contributed by atoms with van der Waals surface area (Å²) >= 11 is 0. The molecule has 2 aromatic heterocycles. The number of fused-ring (bicyclic) bond motifs is 1.